The highest BCUT2D eigenvalue weighted by molar-refractivity contribution is 7.14. The van der Waals surface area contributed by atoms with E-state index in [-0.39, 0.29) is 24.5 Å². The average molecular weight is 345 g/mol. The molecule has 0 radical (unpaired) electrons. The Morgan fingerprint density at radius 3 is 2.33 bits per heavy atom. The number of ketones is 1. The van der Waals surface area contributed by atoms with Crippen LogP contribution in [0.25, 0.3) is 0 Å². The highest BCUT2D eigenvalue weighted by Crippen LogP contribution is 2.17. The molecule has 0 fully saturated rings. The van der Waals surface area contributed by atoms with Crippen LogP contribution in [0.4, 0.5) is 0 Å². The van der Waals surface area contributed by atoms with Gasteiger partial charge in [-0.2, -0.15) is 0 Å². The first-order valence-electron chi connectivity index (χ1n) is 7.53. The van der Waals surface area contributed by atoms with Crippen LogP contribution in [0.5, 0.6) is 0 Å². The third kappa shape index (κ3) is 5.03. The molecule has 2 rings (SSSR count). The number of thiophene rings is 1. The first-order chi connectivity index (χ1) is 11.5. The molecular formula is C18H19NO4S. The van der Waals surface area contributed by atoms with Crippen LogP contribution in [0, 0.1) is 6.92 Å². The second kappa shape index (κ2) is 8.40. The van der Waals surface area contributed by atoms with Crippen LogP contribution >= 0.6 is 11.3 Å². The minimum Gasteiger partial charge on any atom is -0.465 e. The minimum absolute atomic E-state index is 0.00863. The Morgan fingerprint density at radius 1 is 1.04 bits per heavy atom. The van der Waals surface area contributed by atoms with Gasteiger partial charge in [0.1, 0.15) is 0 Å². The fourth-order valence-corrected chi connectivity index (χ4v) is 2.94. The third-order valence-corrected chi connectivity index (χ3v) is 4.50. The molecule has 1 N–H and O–H groups in total. The molecule has 0 aliphatic heterocycles. The summed E-state index contributed by atoms with van der Waals surface area (Å²) >= 11 is 1.44. The van der Waals surface area contributed by atoms with Crippen LogP contribution in [0.1, 0.15) is 43.3 Å². The van der Waals surface area contributed by atoms with Crippen LogP contribution in [0.15, 0.2) is 36.4 Å². The van der Waals surface area contributed by atoms with Crippen molar-refractivity contribution in [1.29, 1.82) is 0 Å². The summed E-state index contributed by atoms with van der Waals surface area (Å²) in [6, 6.07) is 10.5. The van der Waals surface area contributed by atoms with E-state index in [1.165, 1.54) is 18.4 Å². The first-order valence-corrected chi connectivity index (χ1v) is 8.35. The average Bonchev–Trinajstić information content (AvgIpc) is 3.04. The van der Waals surface area contributed by atoms with Crippen LogP contribution < -0.4 is 5.32 Å². The molecule has 0 aliphatic carbocycles. The number of aryl methyl sites for hydroxylation is 1. The number of rotatable bonds is 7. The normalized spacial score (nSPS) is 10.2. The number of nitrogens with one attached hydrogen (secondary N) is 1. The summed E-state index contributed by atoms with van der Waals surface area (Å²) < 4.78 is 4.63. The van der Waals surface area contributed by atoms with Crippen molar-refractivity contribution in [3.8, 4) is 0 Å². The molecule has 0 spiro atoms. The Hall–Kier alpha value is -2.47. The van der Waals surface area contributed by atoms with Crippen LogP contribution in [-0.2, 0) is 16.1 Å². The summed E-state index contributed by atoms with van der Waals surface area (Å²) in [5.41, 5.74) is 1.33. The van der Waals surface area contributed by atoms with Gasteiger partial charge >= 0.3 is 5.97 Å². The van der Waals surface area contributed by atoms with Crippen molar-refractivity contribution in [3.05, 3.63) is 57.3 Å². The molecule has 0 atom stereocenters. The molecule has 2 aromatic rings. The van der Waals surface area contributed by atoms with E-state index in [0.29, 0.717) is 17.0 Å². The molecule has 0 bridgehead atoms. The number of esters is 1. The predicted octanol–water partition coefficient (Wildman–Crippen LogP) is 3.12. The van der Waals surface area contributed by atoms with E-state index in [0.717, 1.165) is 10.4 Å². The topological polar surface area (TPSA) is 72.5 Å². The molecule has 1 amide bonds. The van der Waals surface area contributed by atoms with E-state index in [2.05, 4.69) is 10.1 Å². The van der Waals surface area contributed by atoms with Gasteiger partial charge in [0.15, 0.2) is 5.78 Å². The Morgan fingerprint density at radius 2 is 1.75 bits per heavy atom. The summed E-state index contributed by atoms with van der Waals surface area (Å²) in [6.45, 7) is 2.30. The van der Waals surface area contributed by atoms with Gasteiger partial charge in [0, 0.05) is 24.3 Å². The maximum Gasteiger partial charge on any atom is 0.337 e. The molecule has 6 heteroatoms. The lowest BCUT2D eigenvalue weighted by atomic mass is 10.1. The maximum absolute atomic E-state index is 12.0. The van der Waals surface area contributed by atoms with Crippen molar-refractivity contribution in [2.75, 3.05) is 7.11 Å². The van der Waals surface area contributed by atoms with Gasteiger partial charge in [-0.1, -0.05) is 12.1 Å². The van der Waals surface area contributed by atoms with E-state index in [1.54, 1.807) is 30.3 Å². The molecular weight excluding hydrogens is 326 g/mol. The van der Waals surface area contributed by atoms with E-state index < -0.39 is 5.97 Å². The molecule has 126 valence electrons. The molecule has 0 unspecified atom stereocenters. The minimum atomic E-state index is -0.395. The van der Waals surface area contributed by atoms with Crippen molar-refractivity contribution in [1.82, 2.24) is 5.32 Å². The van der Waals surface area contributed by atoms with Gasteiger partial charge in [0.05, 0.1) is 17.6 Å². The fourth-order valence-electron chi connectivity index (χ4n) is 2.10. The zero-order chi connectivity index (χ0) is 17.5. The summed E-state index contributed by atoms with van der Waals surface area (Å²) in [5, 5.41) is 2.77. The lowest BCUT2D eigenvalue weighted by molar-refractivity contribution is -0.121. The number of Topliss-reactive ketones (excluding diaryl/α,β-unsaturated/α-hetero) is 1. The largest absolute Gasteiger partial charge is 0.465 e. The fraction of sp³-hybridized carbons (Fsp3) is 0.278. The van der Waals surface area contributed by atoms with E-state index in [9.17, 15) is 14.4 Å². The van der Waals surface area contributed by atoms with Gasteiger partial charge in [-0.25, -0.2) is 4.79 Å². The molecule has 24 heavy (non-hydrogen) atoms. The highest BCUT2D eigenvalue weighted by Gasteiger charge is 2.11. The van der Waals surface area contributed by atoms with Crippen LogP contribution in [0.2, 0.25) is 0 Å². The molecule has 1 heterocycles. The Kier molecular flexibility index (Phi) is 6.26. The van der Waals surface area contributed by atoms with Crippen LogP contribution in [0.3, 0.4) is 0 Å². The molecule has 0 saturated carbocycles. The van der Waals surface area contributed by atoms with E-state index in [4.69, 9.17) is 0 Å². The van der Waals surface area contributed by atoms with Crippen molar-refractivity contribution in [3.63, 3.8) is 0 Å². The highest BCUT2D eigenvalue weighted by atomic mass is 32.1. The van der Waals surface area contributed by atoms with Gasteiger partial charge in [0.2, 0.25) is 5.91 Å². The maximum atomic E-state index is 12.0. The summed E-state index contributed by atoms with van der Waals surface area (Å²) in [5.74, 6) is -0.577. The van der Waals surface area contributed by atoms with Gasteiger partial charge in [-0.15, -0.1) is 11.3 Å². The van der Waals surface area contributed by atoms with Crippen LogP contribution in [-0.4, -0.2) is 24.8 Å². The second-order valence-corrected chi connectivity index (χ2v) is 6.59. The number of ether oxygens (including phenoxy) is 1. The monoisotopic (exact) mass is 345 g/mol. The zero-order valence-corrected chi connectivity index (χ0v) is 14.4. The second-order valence-electron chi connectivity index (χ2n) is 5.30. The number of benzene rings is 1. The van der Waals surface area contributed by atoms with Crippen molar-refractivity contribution < 1.29 is 19.1 Å². The Balaban J connectivity index is 1.76. The lowest BCUT2D eigenvalue weighted by Crippen LogP contribution is -2.23. The number of hydrogen-bond acceptors (Lipinski definition) is 5. The molecule has 1 aromatic carbocycles. The quantitative estimate of drug-likeness (QED) is 0.618. The number of carbonyl (C=O) groups is 3. The third-order valence-electron chi connectivity index (χ3n) is 3.46. The molecule has 1 aromatic heterocycles. The Labute approximate surface area is 144 Å². The summed E-state index contributed by atoms with van der Waals surface area (Å²) in [7, 11) is 1.33. The first kappa shape index (κ1) is 17.9. The van der Waals surface area contributed by atoms with Gasteiger partial charge in [-0.05, 0) is 36.8 Å². The SMILES string of the molecule is COC(=O)c1ccc(CNC(=O)CCC(=O)c2ccc(C)s2)cc1. The smallest absolute Gasteiger partial charge is 0.337 e. The standard InChI is InChI=1S/C18H19NO4S/c1-12-3-9-16(24-12)15(20)8-10-17(21)19-11-13-4-6-14(7-5-13)18(22)23-2/h3-7,9H,8,10-11H2,1-2H3,(H,19,21). The Bertz CT molecular complexity index is 734. The van der Waals surface area contributed by atoms with Gasteiger partial charge in [-0.3, -0.25) is 9.59 Å². The van der Waals surface area contributed by atoms with Gasteiger partial charge < -0.3 is 10.1 Å². The molecule has 0 saturated heterocycles. The number of carbonyl (C=O) groups excluding carboxylic acids is 3. The van der Waals surface area contributed by atoms with Crippen molar-refractivity contribution >= 4 is 29.0 Å². The van der Waals surface area contributed by atoms with Crippen molar-refractivity contribution in [2.24, 2.45) is 0 Å². The van der Waals surface area contributed by atoms with E-state index in [1.807, 2.05) is 13.0 Å². The summed E-state index contributed by atoms with van der Waals surface area (Å²) in [6.07, 6.45) is 0.364. The van der Waals surface area contributed by atoms with Crippen molar-refractivity contribution in [2.45, 2.75) is 26.3 Å². The van der Waals surface area contributed by atoms with E-state index >= 15 is 0 Å². The predicted molar refractivity (Wildman–Crippen MR) is 92.2 cm³/mol. The molecule has 0 aliphatic rings. The van der Waals surface area contributed by atoms with Gasteiger partial charge in [0.25, 0.3) is 0 Å². The lowest BCUT2D eigenvalue weighted by Gasteiger charge is -2.06. The number of amides is 1. The summed E-state index contributed by atoms with van der Waals surface area (Å²) in [4.78, 5) is 36.9. The number of methoxy groups -OCH3 is 1. The molecule has 5 nitrogen and oxygen atoms in total. The number of hydrogen-bond donors (Lipinski definition) is 1. The zero-order valence-electron chi connectivity index (χ0n) is 13.6.